The van der Waals surface area contributed by atoms with E-state index < -0.39 is 0 Å². The van der Waals surface area contributed by atoms with Crippen LogP contribution in [0, 0.1) is 11.3 Å². The number of aldehydes is 1. The highest BCUT2D eigenvalue weighted by atomic mass is 16.1. The van der Waals surface area contributed by atoms with Gasteiger partial charge in [-0.3, -0.25) is 0 Å². The maximum Gasteiger partial charge on any atom is 0.120 e. The van der Waals surface area contributed by atoms with Crippen LogP contribution in [-0.2, 0) is 4.79 Å². The molecular weight excluding hydrogens is 124 g/mol. The average Bonchev–Trinajstić information content (AvgIpc) is 2.73. The summed E-state index contributed by atoms with van der Waals surface area (Å²) in [6.07, 6.45) is 8.80. The van der Waals surface area contributed by atoms with Crippen molar-refractivity contribution < 1.29 is 4.79 Å². The van der Waals surface area contributed by atoms with Gasteiger partial charge in [0.05, 0.1) is 0 Å². The Balaban J connectivity index is 1.81. The third-order valence-electron chi connectivity index (χ3n) is 2.89. The zero-order valence-electron chi connectivity index (χ0n) is 6.31. The van der Waals surface area contributed by atoms with E-state index in [0.717, 1.165) is 18.6 Å². The van der Waals surface area contributed by atoms with Gasteiger partial charge in [0, 0.05) is 6.42 Å². The zero-order valence-corrected chi connectivity index (χ0v) is 6.31. The summed E-state index contributed by atoms with van der Waals surface area (Å²) in [5.74, 6) is 1.00. The molecule has 0 saturated heterocycles. The Labute approximate surface area is 61.8 Å². The van der Waals surface area contributed by atoms with E-state index in [2.05, 4.69) is 0 Å². The van der Waals surface area contributed by atoms with E-state index in [9.17, 15) is 4.79 Å². The molecule has 1 heteroatoms. The highest BCUT2D eigenvalue weighted by Gasteiger charge is 2.45. The van der Waals surface area contributed by atoms with E-state index in [4.69, 9.17) is 0 Å². The maximum atomic E-state index is 10.3. The Kier molecular flexibility index (Phi) is 1.33. The van der Waals surface area contributed by atoms with Crippen LogP contribution in [0.3, 0.4) is 0 Å². The SMILES string of the molecule is O=CCC1(CC2CC2)CC1. The van der Waals surface area contributed by atoms with Crippen molar-refractivity contribution in [3.8, 4) is 0 Å². The fourth-order valence-electron chi connectivity index (χ4n) is 1.78. The molecule has 2 saturated carbocycles. The molecule has 0 N–H and O–H groups in total. The Morgan fingerprint density at radius 2 is 2.10 bits per heavy atom. The number of carbonyl (C=O) groups is 1. The fraction of sp³-hybridized carbons (Fsp3) is 0.889. The predicted molar refractivity (Wildman–Crippen MR) is 39.7 cm³/mol. The molecule has 2 rings (SSSR count). The van der Waals surface area contributed by atoms with Crippen molar-refractivity contribution in [2.24, 2.45) is 11.3 Å². The molecule has 2 aliphatic rings. The molecule has 0 unspecified atom stereocenters. The molecule has 0 aromatic rings. The first-order valence-electron chi connectivity index (χ1n) is 4.28. The Morgan fingerprint density at radius 1 is 1.40 bits per heavy atom. The standard InChI is InChI=1S/C9H14O/c10-6-5-9(3-4-9)7-8-1-2-8/h6,8H,1-5,7H2. The lowest BCUT2D eigenvalue weighted by Crippen LogP contribution is -2.01. The van der Waals surface area contributed by atoms with Gasteiger partial charge in [-0.05, 0) is 30.6 Å². The normalized spacial score (nSPS) is 28.0. The van der Waals surface area contributed by atoms with Crippen molar-refractivity contribution >= 4 is 6.29 Å². The number of hydrogen-bond acceptors (Lipinski definition) is 1. The zero-order chi connectivity index (χ0) is 7.03. The minimum absolute atomic E-state index is 0.517. The molecule has 56 valence electrons. The number of carbonyl (C=O) groups excluding carboxylic acids is 1. The molecule has 10 heavy (non-hydrogen) atoms. The first-order valence-corrected chi connectivity index (χ1v) is 4.28. The summed E-state index contributed by atoms with van der Waals surface area (Å²) in [6.45, 7) is 0. The maximum absolute atomic E-state index is 10.3. The summed E-state index contributed by atoms with van der Waals surface area (Å²) in [5, 5.41) is 0. The van der Waals surface area contributed by atoms with E-state index >= 15 is 0 Å². The summed E-state index contributed by atoms with van der Waals surface area (Å²) in [7, 11) is 0. The van der Waals surface area contributed by atoms with Crippen LogP contribution >= 0.6 is 0 Å². The average molecular weight is 138 g/mol. The molecule has 0 spiro atoms. The monoisotopic (exact) mass is 138 g/mol. The molecule has 0 aromatic heterocycles. The summed E-state index contributed by atoms with van der Waals surface area (Å²) >= 11 is 0. The summed E-state index contributed by atoms with van der Waals surface area (Å²) in [6, 6.07) is 0. The van der Waals surface area contributed by atoms with Gasteiger partial charge < -0.3 is 4.79 Å². The molecule has 2 fully saturated rings. The highest BCUT2D eigenvalue weighted by Crippen LogP contribution is 2.56. The van der Waals surface area contributed by atoms with Gasteiger partial charge in [0.15, 0.2) is 0 Å². The molecule has 2 aliphatic carbocycles. The quantitative estimate of drug-likeness (QED) is 0.544. The van der Waals surface area contributed by atoms with Crippen LogP contribution in [0.1, 0.15) is 38.5 Å². The van der Waals surface area contributed by atoms with Crippen LogP contribution in [0.5, 0.6) is 0 Å². The molecule has 0 amide bonds. The van der Waals surface area contributed by atoms with Gasteiger partial charge in [0.25, 0.3) is 0 Å². The minimum atomic E-state index is 0.517. The molecule has 0 aromatic carbocycles. The molecule has 1 nitrogen and oxygen atoms in total. The molecule has 0 aliphatic heterocycles. The molecular formula is C9H14O. The van der Waals surface area contributed by atoms with Gasteiger partial charge in [-0.15, -0.1) is 0 Å². The summed E-state index contributed by atoms with van der Waals surface area (Å²) < 4.78 is 0. The molecule has 0 heterocycles. The largest absolute Gasteiger partial charge is 0.303 e. The lowest BCUT2D eigenvalue weighted by atomic mass is 9.96. The van der Waals surface area contributed by atoms with E-state index in [1.807, 2.05) is 0 Å². The van der Waals surface area contributed by atoms with Crippen molar-refractivity contribution in [3.05, 3.63) is 0 Å². The first kappa shape index (κ1) is 6.38. The van der Waals surface area contributed by atoms with Gasteiger partial charge in [0.2, 0.25) is 0 Å². The topological polar surface area (TPSA) is 17.1 Å². The Morgan fingerprint density at radius 3 is 2.50 bits per heavy atom. The van der Waals surface area contributed by atoms with Crippen LogP contribution < -0.4 is 0 Å². The summed E-state index contributed by atoms with van der Waals surface area (Å²) in [5.41, 5.74) is 0.517. The van der Waals surface area contributed by atoms with Gasteiger partial charge in [-0.25, -0.2) is 0 Å². The second-order valence-electron chi connectivity index (χ2n) is 4.02. The fourth-order valence-corrected chi connectivity index (χ4v) is 1.78. The van der Waals surface area contributed by atoms with Crippen molar-refractivity contribution in [1.29, 1.82) is 0 Å². The van der Waals surface area contributed by atoms with Crippen molar-refractivity contribution in [2.45, 2.75) is 38.5 Å². The van der Waals surface area contributed by atoms with Crippen LogP contribution in [0.15, 0.2) is 0 Å². The van der Waals surface area contributed by atoms with Crippen LogP contribution in [0.25, 0.3) is 0 Å². The lowest BCUT2D eigenvalue weighted by Gasteiger charge is -2.08. The molecule has 0 radical (unpaired) electrons. The van der Waals surface area contributed by atoms with Crippen LogP contribution in [0.4, 0.5) is 0 Å². The third kappa shape index (κ3) is 1.23. The molecule has 0 atom stereocenters. The van der Waals surface area contributed by atoms with E-state index in [-0.39, 0.29) is 0 Å². The predicted octanol–water partition coefficient (Wildman–Crippen LogP) is 2.16. The number of rotatable bonds is 4. The van der Waals surface area contributed by atoms with Crippen molar-refractivity contribution in [3.63, 3.8) is 0 Å². The summed E-state index contributed by atoms with van der Waals surface area (Å²) in [4.78, 5) is 10.3. The minimum Gasteiger partial charge on any atom is -0.303 e. The van der Waals surface area contributed by atoms with Gasteiger partial charge in [-0.2, -0.15) is 0 Å². The third-order valence-corrected chi connectivity index (χ3v) is 2.89. The second kappa shape index (κ2) is 2.08. The lowest BCUT2D eigenvalue weighted by molar-refractivity contribution is -0.108. The Hall–Kier alpha value is -0.330. The number of hydrogen-bond donors (Lipinski definition) is 0. The van der Waals surface area contributed by atoms with Gasteiger partial charge >= 0.3 is 0 Å². The highest BCUT2D eigenvalue weighted by molar-refractivity contribution is 5.51. The van der Waals surface area contributed by atoms with Gasteiger partial charge in [0.1, 0.15) is 6.29 Å². The van der Waals surface area contributed by atoms with E-state index in [1.54, 1.807) is 0 Å². The van der Waals surface area contributed by atoms with Crippen molar-refractivity contribution in [1.82, 2.24) is 0 Å². The van der Waals surface area contributed by atoms with Crippen LogP contribution in [-0.4, -0.2) is 6.29 Å². The Bertz CT molecular complexity index is 143. The van der Waals surface area contributed by atoms with Gasteiger partial charge in [-0.1, -0.05) is 12.8 Å². The first-order chi connectivity index (χ1) is 4.85. The van der Waals surface area contributed by atoms with Crippen LogP contribution in [0.2, 0.25) is 0 Å². The van der Waals surface area contributed by atoms with E-state index in [0.29, 0.717) is 5.41 Å². The van der Waals surface area contributed by atoms with Crippen molar-refractivity contribution in [2.75, 3.05) is 0 Å². The van der Waals surface area contributed by atoms with E-state index in [1.165, 1.54) is 32.1 Å². The molecule has 0 bridgehead atoms. The second-order valence-corrected chi connectivity index (χ2v) is 4.02. The smallest absolute Gasteiger partial charge is 0.120 e.